The fraction of sp³-hybridized carbons (Fsp3) is 0.375. The Morgan fingerprint density at radius 2 is 1.94 bits per heavy atom. The third kappa shape index (κ3) is 3.33. The first-order valence-corrected chi connectivity index (χ1v) is 4.09. The molecule has 0 fully saturated rings. The van der Waals surface area contributed by atoms with Crippen LogP contribution in [0.25, 0.3) is 0 Å². The van der Waals surface area contributed by atoms with E-state index in [0.29, 0.717) is 6.07 Å². The van der Waals surface area contributed by atoms with E-state index in [0.717, 1.165) is 7.11 Å². The third-order valence-electron chi connectivity index (χ3n) is 1.66. The smallest absolute Gasteiger partial charge is 0.482 e. The summed E-state index contributed by atoms with van der Waals surface area (Å²) in [5.74, 6) is -1.80. The highest BCUT2D eigenvalue weighted by Crippen LogP contribution is 2.30. The molecule has 0 aliphatic carbocycles. The van der Waals surface area contributed by atoms with Crippen LogP contribution in [-0.4, -0.2) is 18.5 Å². The number of hydrogen-bond acceptors (Lipinski definition) is 3. The number of rotatable bonds is 3. The fourth-order valence-electron chi connectivity index (χ4n) is 1.04. The van der Waals surface area contributed by atoms with Crippen LogP contribution in [0.15, 0.2) is 10.9 Å². The van der Waals surface area contributed by atoms with Crippen molar-refractivity contribution in [3.8, 4) is 11.8 Å². The minimum absolute atomic E-state index is 0.418. The summed E-state index contributed by atoms with van der Waals surface area (Å²) >= 11 is 0. The molecule has 9 heteroatoms. The van der Waals surface area contributed by atoms with Gasteiger partial charge in [0, 0.05) is 6.07 Å². The molecule has 0 unspecified atom stereocenters. The zero-order valence-electron chi connectivity index (χ0n) is 8.27. The van der Waals surface area contributed by atoms with Gasteiger partial charge in [0.15, 0.2) is 11.3 Å². The maximum absolute atomic E-state index is 12.4. The second-order valence-electron chi connectivity index (χ2n) is 2.79. The Hall–Kier alpha value is -1.80. The molecule has 4 nitrogen and oxygen atoms in total. The summed E-state index contributed by atoms with van der Waals surface area (Å²) in [4.78, 5) is 12.9. The van der Waals surface area contributed by atoms with Crippen LogP contribution in [0.1, 0.15) is 12.0 Å². The van der Waals surface area contributed by atoms with E-state index in [9.17, 15) is 26.7 Å². The van der Waals surface area contributed by atoms with Crippen molar-refractivity contribution in [2.75, 3.05) is 7.11 Å². The number of aromatic amines is 1. The molecule has 1 aromatic heterocycles. The van der Waals surface area contributed by atoms with E-state index in [1.165, 1.54) is 0 Å². The first kappa shape index (κ1) is 13.3. The van der Waals surface area contributed by atoms with Crippen molar-refractivity contribution in [2.24, 2.45) is 0 Å². The Kier molecular flexibility index (Phi) is 3.59. The van der Waals surface area contributed by atoms with Crippen molar-refractivity contribution < 1.29 is 31.4 Å². The Morgan fingerprint density at radius 1 is 1.35 bits per heavy atom. The van der Waals surface area contributed by atoms with E-state index < -0.39 is 35.5 Å². The standard InChI is InChI=1S/C8H6F5NO3/c1-16-4-2-3(15)5(6(9)10)7(14-4)17-8(11,12)13/h2,6H,1H3,(H,14,15). The molecule has 0 radical (unpaired) electrons. The quantitative estimate of drug-likeness (QED) is 0.847. The zero-order chi connectivity index (χ0) is 13.2. The van der Waals surface area contributed by atoms with Gasteiger partial charge in [0.1, 0.15) is 5.56 Å². The lowest BCUT2D eigenvalue weighted by Crippen LogP contribution is -2.22. The number of pyridine rings is 1. The van der Waals surface area contributed by atoms with Crippen LogP contribution in [0, 0.1) is 0 Å². The van der Waals surface area contributed by atoms with Crippen LogP contribution in [0.2, 0.25) is 0 Å². The molecule has 0 amide bonds. The first-order chi connectivity index (χ1) is 7.74. The summed E-state index contributed by atoms with van der Waals surface area (Å²) in [5, 5.41) is 0. The predicted octanol–water partition coefficient (Wildman–Crippen LogP) is 2.22. The van der Waals surface area contributed by atoms with Gasteiger partial charge in [-0.25, -0.2) is 8.78 Å². The maximum atomic E-state index is 12.4. The molecule has 0 aliphatic rings. The average molecular weight is 259 g/mol. The lowest BCUT2D eigenvalue weighted by Gasteiger charge is -2.13. The fourth-order valence-corrected chi connectivity index (χ4v) is 1.04. The monoisotopic (exact) mass is 259 g/mol. The molecule has 1 aromatic rings. The Bertz CT molecular complexity index is 453. The van der Waals surface area contributed by atoms with Gasteiger partial charge >= 0.3 is 6.36 Å². The largest absolute Gasteiger partial charge is 0.574 e. The summed E-state index contributed by atoms with van der Waals surface area (Å²) in [6, 6.07) is 0.602. The number of nitrogens with one attached hydrogen (secondary N) is 1. The van der Waals surface area contributed by atoms with Gasteiger partial charge < -0.3 is 9.47 Å². The molecular formula is C8H6F5NO3. The molecule has 0 saturated heterocycles. The summed E-state index contributed by atoms with van der Waals surface area (Å²) < 4.78 is 68.3. The van der Waals surface area contributed by atoms with Crippen LogP contribution >= 0.6 is 0 Å². The average Bonchev–Trinajstić information content (AvgIpc) is 2.13. The van der Waals surface area contributed by atoms with E-state index >= 15 is 0 Å². The number of H-pyrrole nitrogens is 1. The lowest BCUT2D eigenvalue weighted by atomic mass is 10.2. The minimum Gasteiger partial charge on any atom is -0.482 e. The van der Waals surface area contributed by atoms with Gasteiger partial charge in [-0.2, -0.15) is 0 Å². The van der Waals surface area contributed by atoms with Crippen LogP contribution in [0.5, 0.6) is 11.8 Å². The summed E-state index contributed by atoms with van der Waals surface area (Å²) in [7, 11) is 1.05. The molecule has 0 saturated carbocycles. The second kappa shape index (κ2) is 4.60. The summed E-state index contributed by atoms with van der Waals surface area (Å²) in [5.41, 5.74) is -2.71. The summed E-state index contributed by atoms with van der Waals surface area (Å²) in [6.45, 7) is 0. The van der Waals surface area contributed by atoms with Crippen molar-refractivity contribution in [3.63, 3.8) is 0 Å². The SMILES string of the molecule is COc1cc(=O)c(C(F)F)c(OC(F)(F)F)[nH]1. The topological polar surface area (TPSA) is 51.3 Å². The highest BCUT2D eigenvalue weighted by Gasteiger charge is 2.35. The van der Waals surface area contributed by atoms with Crippen molar-refractivity contribution in [2.45, 2.75) is 12.8 Å². The van der Waals surface area contributed by atoms with E-state index in [1.54, 1.807) is 4.98 Å². The third-order valence-corrected chi connectivity index (χ3v) is 1.66. The highest BCUT2D eigenvalue weighted by molar-refractivity contribution is 5.31. The van der Waals surface area contributed by atoms with Gasteiger partial charge in [-0.1, -0.05) is 0 Å². The molecule has 0 atom stereocenters. The molecule has 96 valence electrons. The Balaban J connectivity index is 3.33. The molecule has 1 rings (SSSR count). The van der Waals surface area contributed by atoms with E-state index in [1.807, 2.05) is 0 Å². The summed E-state index contributed by atoms with van der Waals surface area (Å²) in [6.07, 6.45) is -8.60. The normalized spacial score (nSPS) is 11.7. The molecule has 1 N–H and O–H groups in total. The van der Waals surface area contributed by atoms with Crippen LogP contribution < -0.4 is 14.9 Å². The maximum Gasteiger partial charge on any atom is 0.574 e. The lowest BCUT2D eigenvalue weighted by molar-refractivity contribution is -0.276. The van der Waals surface area contributed by atoms with Crippen molar-refractivity contribution in [3.05, 3.63) is 21.9 Å². The number of hydrogen-bond donors (Lipinski definition) is 1. The van der Waals surface area contributed by atoms with Crippen LogP contribution in [0.4, 0.5) is 22.0 Å². The van der Waals surface area contributed by atoms with Gasteiger partial charge in [-0.15, -0.1) is 13.2 Å². The molecule has 0 aromatic carbocycles. The number of aromatic nitrogens is 1. The molecule has 1 heterocycles. The van der Waals surface area contributed by atoms with Crippen LogP contribution in [0.3, 0.4) is 0 Å². The number of alkyl halides is 5. The van der Waals surface area contributed by atoms with E-state index in [2.05, 4.69) is 9.47 Å². The molecular weight excluding hydrogens is 253 g/mol. The molecule has 0 spiro atoms. The molecule has 0 aliphatic heterocycles. The van der Waals surface area contributed by atoms with Gasteiger partial charge in [-0.05, 0) is 0 Å². The van der Waals surface area contributed by atoms with Crippen molar-refractivity contribution in [1.29, 1.82) is 0 Å². The minimum atomic E-state index is -5.20. The van der Waals surface area contributed by atoms with Gasteiger partial charge in [0.25, 0.3) is 6.43 Å². The van der Waals surface area contributed by atoms with E-state index in [-0.39, 0.29) is 0 Å². The van der Waals surface area contributed by atoms with Crippen LogP contribution in [-0.2, 0) is 0 Å². The Labute approximate surface area is 91.0 Å². The highest BCUT2D eigenvalue weighted by atomic mass is 19.4. The molecule has 17 heavy (non-hydrogen) atoms. The first-order valence-electron chi connectivity index (χ1n) is 4.09. The number of methoxy groups -OCH3 is 1. The second-order valence-corrected chi connectivity index (χ2v) is 2.79. The van der Waals surface area contributed by atoms with Crippen molar-refractivity contribution >= 4 is 0 Å². The number of halogens is 5. The van der Waals surface area contributed by atoms with Gasteiger partial charge in [0.2, 0.25) is 5.88 Å². The van der Waals surface area contributed by atoms with Crippen molar-refractivity contribution in [1.82, 2.24) is 4.98 Å². The van der Waals surface area contributed by atoms with Gasteiger partial charge in [0.05, 0.1) is 7.11 Å². The van der Waals surface area contributed by atoms with E-state index in [4.69, 9.17) is 0 Å². The Morgan fingerprint density at radius 3 is 2.35 bits per heavy atom. The van der Waals surface area contributed by atoms with Gasteiger partial charge in [-0.3, -0.25) is 9.78 Å². The predicted molar refractivity (Wildman–Crippen MR) is 45.3 cm³/mol. The number of ether oxygens (including phenoxy) is 2. The zero-order valence-corrected chi connectivity index (χ0v) is 8.27. The molecule has 0 bridgehead atoms.